The van der Waals surface area contributed by atoms with E-state index in [-0.39, 0.29) is 12.0 Å². The van der Waals surface area contributed by atoms with E-state index in [0.717, 1.165) is 36.5 Å². The van der Waals surface area contributed by atoms with Crippen LogP contribution in [0.5, 0.6) is 17.2 Å². The van der Waals surface area contributed by atoms with Gasteiger partial charge in [0.05, 0.1) is 0 Å². The molecule has 0 bridgehead atoms. The van der Waals surface area contributed by atoms with Gasteiger partial charge in [-0.1, -0.05) is 56.3 Å². The summed E-state index contributed by atoms with van der Waals surface area (Å²) in [5.41, 5.74) is 2.64. The molecule has 3 heteroatoms. The van der Waals surface area contributed by atoms with Gasteiger partial charge in [0.15, 0.2) is 6.61 Å². The summed E-state index contributed by atoms with van der Waals surface area (Å²) in [5, 5.41) is 8.61. The van der Waals surface area contributed by atoms with E-state index in [2.05, 4.69) is 44.2 Å². The molecule has 0 aromatic heterocycles. The summed E-state index contributed by atoms with van der Waals surface area (Å²) < 4.78 is 11.3. The molecule has 0 N–H and O–H groups in total. The van der Waals surface area contributed by atoms with Gasteiger partial charge in [-0.25, -0.2) is 0 Å². The van der Waals surface area contributed by atoms with Gasteiger partial charge in [0.25, 0.3) is 0 Å². The summed E-state index contributed by atoms with van der Waals surface area (Å²) in [4.78, 5) is 0. The molecule has 3 aromatic rings. The van der Waals surface area contributed by atoms with E-state index in [1.165, 1.54) is 11.1 Å². The Hall–Kier alpha value is -3.25. The molecule has 0 spiro atoms. The van der Waals surface area contributed by atoms with Crippen LogP contribution in [0.3, 0.4) is 0 Å². The molecule has 3 aromatic carbocycles. The highest BCUT2D eigenvalue weighted by atomic mass is 16.5. The molecule has 0 aliphatic carbocycles. The van der Waals surface area contributed by atoms with Crippen LogP contribution in [0.4, 0.5) is 0 Å². The first-order valence-corrected chi connectivity index (χ1v) is 9.99. The lowest BCUT2D eigenvalue weighted by Crippen LogP contribution is -2.17. The Morgan fingerprint density at radius 3 is 2.28 bits per heavy atom. The lowest BCUT2D eigenvalue weighted by atomic mass is 9.80. The minimum Gasteiger partial charge on any atom is -0.479 e. The second-order valence-corrected chi connectivity index (χ2v) is 7.77. The lowest BCUT2D eigenvalue weighted by Gasteiger charge is -2.25. The predicted octanol–water partition coefficient (Wildman–Crippen LogP) is 6.68. The summed E-state index contributed by atoms with van der Waals surface area (Å²) in [6.07, 6.45) is 3.18. The van der Waals surface area contributed by atoms with Crippen LogP contribution in [-0.4, -0.2) is 6.61 Å². The van der Waals surface area contributed by atoms with Gasteiger partial charge in [-0.05, 0) is 72.2 Å². The zero-order chi connectivity index (χ0) is 20.5. The number of hydrogen-bond donors (Lipinski definition) is 0. The Kier molecular flexibility index (Phi) is 6.92. The Balaban J connectivity index is 1.54. The van der Waals surface area contributed by atoms with Crippen molar-refractivity contribution in [3.63, 3.8) is 0 Å². The van der Waals surface area contributed by atoms with E-state index in [0.29, 0.717) is 0 Å². The first kappa shape index (κ1) is 20.5. The number of rotatable bonds is 9. The van der Waals surface area contributed by atoms with Crippen molar-refractivity contribution in [2.24, 2.45) is 0 Å². The fraction of sp³-hybridized carbons (Fsp3) is 0.269. The average Bonchev–Trinajstić information content (AvgIpc) is 2.73. The van der Waals surface area contributed by atoms with E-state index in [1.807, 2.05) is 54.6 Å². The average molecular weight is 386 g/mol. The minimum atomic E-state index is 0.0753. The molecule has 29 heavy (non-hydrogen) atoms. The number of hydrogen-bond acceptors (Lipinski definition) is 3. The van der Waals surface area contributed by atoms with Crippen LogP contribution >= 0.6 is 0 Å². The number of nitriles is 1. The van der Waals surface area contributed by atoms with E-state index in [1.54, 1.807) is 0 Å². The van der Waals surface area contributed by atoms with Crippen molar-refractivity contribution < 1.29 is 9.47 Å². The first-order valence-electron chi connectivity index (χ1n) is 9.99. The van der Waals surface area contributed by atoms with Gasteiger partial charge < -0.3 is 9.47 Å². The Bertz CT molecular complexity index is 940. The van der Waals surface area contributed by atoms with E-state index >= 15 is 0 Å². The highest BCUT2D eigenvalue weighted by Crippen LogP contribution is 2.31. The number of benzene rings is 3. The molecule has 0 heterocycles. The largest absolute Gasteiger partial charge is 0.479 e. The molecule has 3 nitrogen and oxygen atoms in total. The maximum atomic E-state index is 8.61. The molecule has 0 aliphatic rings. The highest BCUT2D eigenvalue weighted by Gasteiger charge is 2.20. The van der Waals surface area contributed by atoms with Crippen molar-refractivity contribution in [3.8, 4) is 23.3 Å². The van der Waals surface area contributed by atoms with E-state index < -0.39 is 0 Å². The topological polar surface area (TPSA) is 42.2 Å². The van der Waals surface area contributed by atoms with Gasteiger partial charge in [-0.15, -0.1) is 0 Å². The summed E-state index contributed by atoms with van der Waals surface area (Å²) in [6, 6.07) is 28.3. The van der Waals surface area contributed by atoms with Crippen molar-refractivity contribution in [2.45, 2.75) is 38.5 Å². The van der Waals surface area contributed by atoms with Crippen LogP contribution in [0.15, 0.2) is 78.9 Å². The monoisotopic (exact) mass is 385 g/mol. The summed E-state index contributed by atoms with van der Waals surface area (Å²) in [7, 11) is 0. The Morgan fingerprint density at radius 1 is 0.828 bits per heavy atom. The number of ether oxygens (including phenoxy) is 2. The quantitative estimate of drug-likeness (QED) is 0.412. The van der Waals surface area contributed by atoms with Gasteiger partial charge >= 0.3 is 0 Å². The number of aryl methyl sites for hydroxylation is 1. The SMILES string of the molecule is CC(C)(CCCc1cccc(Oc2ccccc2)c1)c1ccc(OCC#N)cc1. The third-order valence-electron chi connectivity index (χ3n) is 5.08. The molecule has 0 saturated heterocycles. The van der Waals surface area contributed by atoms with Crippen molar-refractivity contribution in [1.29, 1.82) is 5.26 Å². The van der Waals surface area contributed by atoms with Gasteiger partial charge in [-0.3, -0.25) is 0 Å². The molecule has 3 rings (SSSR count). The summed E-state index contributed by atoms with van der Waals surface area (Å²) in [6.45, 7) is 4.62. The molecule has 0 aliphatic heterocycles. The highest BCUT2D eigenvalue weighted by molar-refractivity contribution is 5.34. The molecular weight excluding hydrogens is 358 g/mol. The van der Waals surface area contributed by atoms with Gasteiger partial charge in [-0.2, -0.15) is 5.26 Å². The zero-order valence-electron chi connectivity index (χ0n) is 17.1. The molecule has 0 atom stereocenters. The molecule has 0 saturated carbocycles. The maximum absolute atomic E-state index is 8.61. The Morgan fingerprint density at radius 2 is 1.55 bits per heavy atom. The van der Waals surface area contributed by atoms with Crippen LogP contribution in [0, 0.1) is 11.3 Å². The van der Waals surface area contributed by atoms with E-state index in [4.69, 9.17) is 14.7 Å². The van der Waals surface area contributed by atoms with Crippen LogP contribution in [-0.2, 0) is 11.8 Å². The molecule has 148 valence electrons. The van der Waals surface area contributed by atoms with Crippen LogP contribution in [0.2, 0.25) is 0 Å². The molecular formula is C26H27NO2. The fourth-order valence-corrected chi connectivity index (χ4v) is 3.39. The van der Waals surface area contributed by atoms with Crippen LogP contribution < -0.4 is 9.47 Å². The second kappa shape index (κ2) is 9.80. The zero-order valence-corrected chi connectivity index (χ0v) is 17.1. The molecule has 0 radical (unpaired) electrons. The van der Waals surface area contributed by atoms with Gasteiger partial charge in [0.1, 0.15) is 23.3 Å². The summed E-state index contributed by atoms with van der Waals surface area (Å²) in [5.74, 6) is 2.47. The van der Waals surface area contributed by atoms with Gasteiger partial charge in [0, 0.05) is 0 Å². The third-order valence-corrected chi connectivity index (χ3v) is 5.08. The third kappa shape index (κ3) is 6.12. The molecule has 0 amide bonds. The van der Waals surface area contributed by atoms with Crippen molar-refractivity contribution in [2.75, 3.05) is 6.61 Å². The Labute approximate surface area is 173 Å². The van der Waals surface area contributed by atoms with Crippen molar-refractivity contribution >= 4 is 0 Å². The maximum Gasteiger partial charge on any atom is 0.174 e. The van der Waals surface area contributed by atoms with Gasteiger partial charge in [0.2, 0.25) is 0 Å². The predicted molar refractivity (Wildman–Crippen MR) is 116 cm³/mol. The smallest absolute Gasteiger partial charge is 0.174 e. The normalized spacial score (nSPS) is 10.9. The van der Waals surface area contributed by atoms with Crippen molar-refractivity contribution in [1.82, 2.24) is 0 Å². The molecule has 0 fully saturated rings. The first-order chi connectivity index (χ1) is 14.1. The molecule has 0 unspecified atom stereocenters. The van der Waals surface area contributed by atoms with Crippen molar-refractivity contribution in [3.05, 3.63) is 90.0 Å². The van der Waals surface area contributed by atoms with Crippen LogP contribution in [0.25, 0.3) is 0 Å². The fourth-order valence-electron chi connectivity index (χ4n) is 3.39. The minimum absolute atomic E-state index is 0.0753. The van der Waals surface area contributed by atoms with Crippen LogP contribution in [0.1, 0.15) is 37.8 Å². The lowest BCUT2D eigenvalue weighted by molar-refractivity contribution is 0.367. The number of nitrogens with zero attached hydrogens (tertiary/aromatic N) is 1. The summed E-state index contributed by atoms with van der Waals surface area (Å²) >= 11 is 0. The second-order valence-electron chi connectivity index (χ2n) is 7.77. The standard InChI is InChI=1S/C26H27NO2/c1-26(2,22-13-15-23(16-14-22)28-19-18-27)17-7-9-21-8-6-12-25(20-21)29-24-10-4-3-5-11-24/h3-6,8,10-16,20H,7,9,17,19H2,1-2H3. The van der Waals surface area contributed by atoms with E-state index in [9.17, 15) is 0 Å². The number of para-hydroxylation sites is 1.